The van der Waals surface area contributed by atoms with E-state index in [-0.39, 0.29) is 12.2 Å². The molecule has 2 aromatic carbocycles. The van der Waals surface area contributed by atoms with Gasteiger partial charge in [-0.15, -0.1) is 33.7 Å². The monoisotopic (exact) mass is 1040 g/mol. The van der Waals surface area contributed by atoms with Gasteiger partial charge in [-0.1, -0.05) is 49.4 Å². The lowest BCUT2D eigenvalue weighted by Crippen LogP contribution is -2.39. The van der Waals surface area contributed by atoms with E-state index in [9.17, 15) is 5.11 Å². The molecule has 0 saturated carbocycles. The molecule has 2 saturated heterocycles. The maximum Gasteiger partial charge on any atom is 0.294 e. The minimum Gasteiger partial charge on any atom is -0.466 e. The van der Waals surface area contributed by atoms with Crippen LogP contribution >= 0.6 is 62.1 Å². The van der Waals surface area contributed by atoms with Crippen molar-refractivity contribution in [1.29, 1.82) is 0 Å². The normalized spacial score (nSPS) is 15.5. The number of thioether (sulfide) groups is 2. The average Bonchev–Trinajstić information content (AvgIpc) is 4.15. The second kappa shape index (κ2) is 23.1. The van der Waals surface area contributed by atoms with Crippen LogP contribution in [0, 0.1) is 11.8 Å². The van der Waals surface area contributed by atoms with Crippen LogP contribution in [0.4, 0.5) is 11.9 Å². The number of hydrogen-bond acceptors (Lipinski definition) is 16. The minimum absolute atomic E-state index is 0.102. The molecule has 0 radical (unpaired) electrons. The third-order valence-corrected chi connectivity index (χ3v) is 15.9. The van der Waals surface area contributed by atoms with Crippen LogP contribution in [0.2, 0.25) is 0 Å². The smallest absolute Gasteiger partial charge is 0.294 e. The van der Waals surface area contributed by atoms with Crippen molar-refractivity contribution in [3.8, 4) is 27.7 Å². The number of aromatic nitrogens is 10. The van der Waals surface area contributed by atoms with Crippen LogP contribution < -0.4 is 14.5 Å². The summed E-state index contributed by atoms with van der Waals surface area (Å²) in [7, 11) is 0. The first kappa shape index (κ1) is 48.8. The van der Waals surface area contributed by atoms with Crippen LogP contribution in [0.25, 0.3) is 32.4 Å². The van der Waals surface area contributed by atoms with Gasteiger partial charge in [0.1, 0.15) is 6.10 Å². The van der Waals surface area contributed by atoms with E-state index in [0.717, 1.165) is 113 Å². The molecule has 19 heteroatoms. The Morgan fingerprint density at radius 3 is 1.49 bits per heavy atom. The summed E-state index contributed by atoms with van der Waals surface area (Å²) in [5, 5.41) is 19.1. The molecule has 0 spiro atoms. The van der Waals surface area contributed by atoms with E-state index in [2.05, 4.69) is 143 Å². The van der Waals surface area contributed by atoms with Crippen molar-refractivity contribution >= 4 is 83.9 Å². The Morgan fingerprint density at radius 1 is 0.657 bits per heavy atom. The Balaban J connectivity index is 0.000000150. The predicted octanol–water partition coefficient (Wildman–Crippen LogP) is 10.8. The van der Waals surface area contributed by atoms with Crippen LogP contribution in [0.1, 0.15) is 64.5 Å². The Labute approximate surface area is 417 Å². The molecule has 0 aliphatic carbocycles. The molecule has 0 bridgehead atoms. The fourth-order valence-corrected chi connectivity index (χ4v) is 10.8. The van der Waals surface area contributed by atoms with Crippen molar-refractivity contribution in [2.24, 2.45) is 11.8 Å². The number of piperidine rings is 2. The maximum atomic E-state index is 9.55. The van der Waals surface area contributed by atoms with Gasteiger partial charge in [0.25, 0.3) is 5.19 Å². The van der Waals surface area contributed by atoms with Crippen molar-refractivity contribution < 1.29 is 9.84 Å². The van der Waals surface area contributed by atoms with Crippen LogP contribution in [0.3, 0.4) is 0 Å². The highest BCUT2D eigenvalue weighted by atomic mass is 79.9. The molecule has 0 unspecified atom stereocenters. The summed E-state index contributed by atoms with van der Waals surface area (Å²) in [5.74, 6) is 2.57. The Morgan fingerprint density at radius 2 is 1.09 bits per heavy atom. The van der Waals surface area contributed by atoms with Gasteiger partial charge in [-0.2, -0.15) is 0 Å². The van der Waals surface area contributed by atoms with Gasteiger partial charge < -0.3 is 19.6 Å². The Bertz CT molecular complexity index is 2700. The number of ether oxygens (including phenoxy) is 1. The standard InChI is InChI=1S/C24H28N6OS2.C13H21N3O.C11H8BrN3S2/c1-4-17-13-25-22(26-14-17)29-11-9-18(10-12-29)16(2)31-24-28-30-15-21(27-23(30)33-24)19-5-7-20(32-3)8-6-19;1-3-11-8-14-13(15-9-11)16-6-4-12(5-7-16)10(2)17;1-16-8-4-2-7(3-5-8)9-6-15-11(13-9)17-10(12)14-15/h5-8,13-16,18H,4,9-12H2,1-3H3;8-10,12,17H,3-7H2,1-2H3;2-6H,1H3/t16-;10-;/m00./s1. The summed E-state index contributed by atoms with van der Waals surface area (Å²) in [6.45, 7) is 12.0. The van der Waals surface area contributed by atoms with E-state index >= 15 is 0 Å². The number of nitrogens with zero attached hydrogens (tertiary/aromatic N) is 12. The number of hydrogen-bond donors (Lipinski definition) is 1. The number of aliphatic hydroxyl groups is 1. The SMILES string of the molecule is CCc1cnc(N2CCC([C@H](C)O)CC2)nc1.CCc1cnc(N2CCC([C@H](C)Oc3nn4cc(-c5ccc(SC)cc5)nc4s3)CC2)nc1.CSc1ccc(-c2cn3nc(Br)sc3n2)cc1. The Hall–Kier alpha value is -4.66. The van der Waals surface area contributed by atoms with E-state index < -0.39 is 0 Å². The summed E-state index contributed by atoms with van der Waals surface area (Å²) in [6.07, 6.45) is 21.8. The van der Waals surface area contributed by atoms with Crippen LogP contribution in [-0.2, 0) is 12.8 Å². The molecule has 1 N–H and O–H groups in total. The molecule has 352 valence electrons. The van der Waals surface area contributed by atoms with E-state index in [1.807, 2.05) is 48.6 Å². The van der Waals surface area contributed by atoms with Crippen molar-refractivity contribution in [1.82, 2.24) is 49.1 Å². The first-order valence-corrected chi connectivity index (χ1v) is 27.6. The number of anilines is 2. The first-order chi connectivity index (χ1) is 32.6. The van der Waals surface area contributed by atoms with Crippen LogP contribution in [0.5, 0.6) is 5.19 Å². The molecule has 2 atom stereocenters. The molecule has 2 aliphatic heterocycles. The van der Waals surface area contributed by atoms with Crippen LogP contribution in [0.15, 0.2) is 99.4 Å². The number of fused-ring (bicyclic) bond motifs is 2. The second-order valence-corrected chi connectivity index (χ2v) is 21.5. The van der Waals surface area contributed by atoms with Gasteiger partial charge in [-0.3, -0.25) is 0 Å². The highest BCUT2D eigenvalue weighted by molar-refractivity contribution is 9.11. The minimum atomic E-state index is -0.194. The van der Waals surface area contributed by atoms with E-state index in [1.54, 1.807) is 28.0 Å². The lowest BCUT2D eigenvalue weighted by atomic mass is 9.92. The fourth-order valence-electron chi connectivity index (χ4n) is 8.00. The molecular weight excluding hydrogens is 985 g/mol. The molecule has 8 aromatic rings. The summed E-state index contributed by atoms with van der Waals surface area (Å²) in [5.41, 5.74) is 6.46. The van der Waals surface area contributed by atoms with Gasteiger partial charge in [-0.05, 0) is 139 Å². The van der Waals surface area contributed by atoms with Crippen molar-refractivity contribution in [2.45, 2.75) is 88.2 Å². The molecule has 6 aromatic heterocycles. The van der Waals surface area contributed by atoms with Gasteiger partial charge in [0, 0.05) is 71.9 Å². The molecule has 2 aliphatic rings. The van der Waals surface area contributed by atoms with E-state index in [1.165, 1.54) is 43.6 Å². The molecule has 8 heterocycles. The average molecular weight is 1040 g/mol. The number of aryl methyl sites for hydroxylation is 2. The summed E-state index contributed by atoms with van der Waals surface area (Å²) >= 11 is 9.85. The number of rotatable bonds is 12. The van der Waals surface area contributed by atoms with Crippen molar-refractivity contribution in [3.05, 3.63) is 101 Å². The zero-order valence-corrected chi connectivity index (χ0v) is 43.5. The second-order valence-electron chi connectivity index (χ2n) is 16.6. The molecule has 0 amide bonds. The van der Waals surface area contributed by atoms with E-state index in [0.29, 0.717) is 17.0 Å². The number of halogens is 1. The third-order valence-electron chi connectivity index (χ3n) is 12.3. The topological polar surface area (TPSA) is 148 Å². The number of imidazole rings is 2. The largest absolute Gasteiger partial charge is 0.466 e. The van der Waals surface area contributed by atoms with E-state index in [4.69, 9.17) is 9.72 Å². The van der Waals surface area contributed by atoms with Crippen molar-refractivity contribution in [3.63, 3.8) is 0 Å². The lowest BCUT2D eigenvalue weighted by Gasteiger charge is -2.34. The maximum absolute atomic E-state index is 9.55. The molecule has 10 rings (SSSR count). The highest BCUT2D eigenvalue weighted by Gasteiger charge is 2.28. The molecule has 2 fully saturated rings. The summed E-state index contributed by atoms with van der Waals surface area (Å²) < 4.78 is 10.7. The summed E-state index contributed by atoms with van der Waals surface area (Å²) in [6, 6.07) is 16.8. The van der Waals surface area contributed by atoms with Gasteiger partial charge in [0.15, 0.2) is 3.92 Å². The third kappa shape index (κ3) is 12.5. The lowest BCUT2D eigenvalue weighted by molar-refractivity contribution is 0.109. The highest BCUT2D eigenvalue weighted by Crippen LogP contribution is 2.31. The molecule has 67 heavy (non-hydrogen) atoms. The Kier molecular flexibility index (Phi) is 16.8. The van der Waals surface area contributed by atoms with Gasteiger partial charge in [0.2, 0.25) is 21.8 Å². The molecule has 14 nitrogen and oxygen atoms in total. The molecular formula is C48H57BrN12O2S4. The zero-order valence-electron chi connectivity index (χ0n) is 38.7. The van der Waals surface area contributed by atoms with Crippen molar-refractivity contribution in [2.75, 3.05) is 48.5 Å². The first-order valence-electron chi connectivity index (χ1n) is 22.7. The summed E-state index contributed by atoms with van der Waals surface area (Å²) in [4.78, 5) is 35.9. The fraction of sp³-hybridized carbons (Fsp3) is 0.417. The zero-order chi connectivity index (χ0) is 46.9. The van der Waals surface area contributed by atoms with Gasteiger partial charge in [-0.25, -0.2) is 38.9 Å². The predicted molar refractivity (Wildman–Crippen MR) is 278 cm³/mol. The number of aliphatic hydroxyl groups excluding tert-OH is 1. The quantitative estimate of drug-likeness (QED) is 0.116. The van der Waals surface area contributed by atoms with Crippen LogP contribution in [-0.4, -0.2) is 105 Å². The number of benzene rings is 2. The van der Waals surface area contributed by atoms with Gasteiger partial charge in [0.05, 0.1) is 29.9 Å². The van der Waals surface area contributed by atoms with Gasteiger partial charge >= 0.3 is 0 Å².